The second kappa shape index (κ2) is 7.64. The molecule has 2 rings (SSSR count). The molecule has 0 radical (unpaired) electrons. The van der Waals surface area contributed by atoms with Gasteiger partial charge in [0.2, 0.25) is 0 Å². The number of hydrogen-bond acceptors (Lipinski definition) is 3. The van der Waals surface area contributed by atoms with E-state index in [9.17, 15) is 5.11 Å². The van der Waals surface area contributed by atoms with E-state index in [1.807, 2.05) is 0 Å². The van der Waals surface area contributed by atoms with Crippen molar-refractivity contribution in [3.8, 4) is 0 Å². The Morgan fingerprint density at radius 3 is 2.50 bits per heavy atom. The zero-order valence-corrected chi connectivity index (χ0v) is 14.7. The van der Waals surface area contributed by atoms with E-state index < -0.39 is 5.60 Å². The molecule has 1 saturated carbocycles. The molecule has 0 aromatic heterocycles. The molecule has 3 N–H and O–H groups in total. The fourth-order valence-corrected chi connectivity index (χ4v) is 3.62. The monoisotopic (exact) mass is 310 g/mol. The predicted molar refractivity (Wildman–Crippen MR) is 92.2 cm³/mol. The molecule has 2 atom stereocenters. The van der Waals surface area contributed by atoms with E-state index in [-0.39, 0.29) is 0 Å². The van der Waals surface area contributed by atoms with Crippen LogP contribution in [0, 0.1) is 5.92 Å². The minimum absolute atomic E-state index is 0.426. The number of aliphatic imine (C=N–C) groups is 1. The summed E-state index contributed by atoms with van der Waals surface area (Å²) in [5, 5.41) is 17.5. The molecule has 0 aromatic rings. The van der Waals surface area contributed by atoms with Gasteiger partial charge in [0.05, 0.1) is 5.60 Å². The number of likely N-dealkylation sites (tertiary alicyclic amines) is 1. The third-order valence-electron chi connectivity index (χ3n) is 5.29. The Morgan fingerprint density at radius 1 is 1.27 bits per heavy atom. The summed E-state index contributed by atoms with van der Waals surface area (Å²) in [6.07, 6.45) is 5.32. The Labute approximate surface area is 135 Å². The third-order valence-corrected chi connectivity index (χ3v) is 5.29. The van der Waals surface area contributed by atoms with Crippen LogP contribution in [-0.2, 0) is 0 Å². The molecule has 2 unspecified atom stereocenters. The lowest BCUT2D eigenvalue weighted by Crippen LogP contribution is -2.51. The molecule has 5 nitrogen and oxygen atoms in total. The molecule has 5 heteroatoms. The summed E-state index contributed by atoms with van der Waals surface area (Å²) in [6.45, 7) is 9.59. The Kier molecular flexibility index (Phi) is 6.09. The fourth-order valence-electron chi connectivity index (χ4n) is 3.62. The number of rotatable bonds is 4. The van der Waals surface area contributed by atoms with Crippen molar-refractivity contribution in [2.75, 3.05) is 26.7 Å². The van der Waals surface area contributed by atoms with Gasteiger partial charge in [0.1, 0.15) is 0 Å². The van der Waals surface area contributed by atoms with Gasteiger partial charge in [-0.05, 0) is 32.6 Å². The predicted octanol–water partition coefficient (Wildman–Crippen LogP) is 1.58. The normalized spacial score (nSPS) is 29.8. The number of guanidine groups is 1. The van der Waals surface area contributed by atoms with Crippen LogP contribution in [0.3, 0.4) is 0 Å². The van der Waals surface area contributed by atoms with Gasteiger partial charge in [-0.1, -0.05) is 26.2 Å². The van der Waals surface area contributed by atoms with Crippen molar-refractivity contribution in [1.82, 2.24) is 15.5 Å². The molecular weight excluding hydrogens is 276 g/mol. The van der Waals surface area contributed by atoms with Crippen LogP contribution in [0.4, 0.5) is 0 Å². The summed E-state index contributed by atoms with van der Waals surface area (Å²) < 4.78 is 0. The molecule has 2 fully saturated rings. The quantitative estimate of drug-likeness (QED) is 0.545. The molecule has 0 spiro atoms. The van der Waals surface area contributed by atoms with Crippen molar-refractivity contribution in [3.63, 3.8) is 0 Å². The van der Waals surface area contributed by atoms with E-state index in [0.29, 0.717) is 24.5 Å². The van der Waals surface area contributed by atoms with E-state index in [1.165, 1.54) is 6.42 Å². The molecule has 1 aliphatic carbocycles. The summed E-state index contributed by atoms with van der Waals surface area (Å²) in [5.74, 6) is 1.43. The fraction of sp³-hybridized carbons (Fsp3) is 0.941. The van der Waals surface area contributed by atoms with Crippen molar-refractivity contribution >= 4 is 5.96 Å². The van der Waals surface area contributed by atoms with Crippen LogP contribution in [0.25, 0.3) is 0 Å². The highest BCUT2D eigenvalue weighted by Gasteiger charge is 2.32. The van der Waals surface area contributed by atoms with Gasteiger partial charge in [0.25, 0.3) is 0 Å². The molecule has 0 amide bonds. The highest BCUT2D eigenvalue weighted by Crippen LogP contribution is 2.27. The van der Waals surface area contributed by atoms with Crippen LogP contribution in [0.5, 0.6) is 0 Å². The first kappa shape index (κ1) is 17.5. The van der Waals surface area contributed by atoms with Gasteiger partial charge in [0.15, 0.2) is 5.96 Å². The average Bonchev–Trinajstić information content (AvgIpc) is 2.85. The van der Waals surface area contributed by atoms with Gasteiger partial charge >= 0.3 is 0 Å². The molecule has 1 aliphatic heterocycles. The summed E-state index contributed by atoms with van der Waals surface area (Å²) in [5.41, 5.74) is -0.554. The van der Waals surface area contributed by atoms with E-state index in [1.54, 1.807) is 7.05 Å². The van der Waals surface area contributed by atoms with E-state index in [2.05, 4.69) is 41.3 Å². The molecule has 128 valence electrons. The number of nitrogens with zero attached hydrogens (tertiary/aromatic N) is 2. The van der Waals surface area contributed by atoms with Crippen molar-refractivity contribution in [2.24, 2.45) is 10.9 Å². The van der Waals surface area contributed by atoms with Gasteiger partial charge in [0, 0.05) is 38.8 Å². The summed E-state index contributed by atoms with van der Waals surface area (Å²) >= 11 is 0. The number of aliphatic hydroxyl groups is 1. The minimum atomic E-state index is -0.554. The second-order valence-electron chi connectivity index (χ2n) is 7.49. The van der Waals surface area contributed by atoms with Gasteiger partial charge < -0.3 is 15.7 Å². The van der Waals surface area contributed by atoms with Crippen LogP contribution < -0.4 is 10.6 Å². The first-order valence-corrected chi connectivity index (χ1v) is 8.87. The standard InChI is InChI=1S/C17H34N4O/c1-13(2)21-10-14(3)15(11-21)20-16(18-4)19-12-17(22)8-6-5-7-9-17/h13-15,22H,5-12H2,1-4H3,(H2,18,19,20). The first-order chi connectivity index (χ1) is 10.4. The first-order valence-electron chi connectivity index (χ1n) is 8.87. The average molecular weight is 310 g/mol. The van der Waals surface area contributed by atoms with Crippen LogP contribution in [-0.4, -0.2) is 60.3 Å². The summed E-state index contributed by atoms with van der Waals surface area (Å²) in [4.78, 5) is 6.84. The highest BCUT2D eigenvalue weighted by atomic mass is 16.3. The Bertz CT molecular complexity index is 377. The maximum Gasteiger partial charge on any atom is 0.191 e. The van der Waals surface area contributed by atoms with Crippen LogP contribution in [0.2, 0.25) is 0 Å². The van der Waals surface area contributed by atoms with Gasteiger partial charge in [-0.2, -0.15) is 0 Å². The maximum absolute atomic E-state index is 10.6. The van der Waals surface area contributed by atoms with E-state index in [0.717, 1.165) is 44.7 Å². The van der Waals surface area contributed by atoms with Gasteiger partial charge in [-0.3, -0.25) is 9.89 Å². The second-order valence-corrected chi connectivity index (χ2v) is 7.49. The van der Waals surface area contributed by atoms with Crippen molar-refractivity contribution in [2.45, 2.75) is 70.6 Å². The van der Waals surface area contributed by atoms with Gasteiger partial charge in [-0.25, -0.2) is 0 Å². The molecular formula is C17H34N4O. The molecule has 0 aromatic carbocycles. The van der Waals surface area contributed by atoms with Crippen molar-refractivity contribution in [1.29, 1.82) is 0 Å². The Hall–Kier alpha value is -0.810. The lowest BCUT2D eigenvalue weighted by atomic mass is 9.85. The SMILES string of the molecule is CN=C(NCC1(O)CCCCC1)NC1CN(C(C)C)CC1C. The molecule has 1 saturated heterocycles. The van der Waals surface area contributed by atoms with E-state index in [4.69, 9.17) is 0 Å². The van der Waals surface area contributed by atoms with Crippen LogP contribution >= 0.6 is 0 Å². The van der Waals surface area contributed by atoms with Crippen molar-refractivity contribution in [3.05, 3.63) is 0 Å². The smallest absolute Gasteiger partial charge is 0.191 e. The largest absolute Gasteiger partial charge is 0.388 e. The number of hydrogen-bond donors (Lipinski definition) is 3. The Balaban J connectivity index is 1.82. The lowest BCUT2D eigenvalue weighted by molar-refractivity contribution is 0.00855. The maximum atomic E-state index is 10.6. The zero-order chi connectivity index (χ0) is 16.2. The zero-order valence-electron chi connectivity index (χ0n) is 14.7. The van der Waals surface area contributed by atoms with Crippen LogP contribution in [0.15, 0.2) is 4.99 Å². The molecule has 1 heterocycles. The van der Waals surface area contributed by atoms with Crippen LogP contribution in [0.1, 0.15) is 52.9 Å². The van der Waals surface area contributed by atoms with Crippen molar-refractivity contribution < 1.29 is 5.11 Å². The minimum Gasteiger partial charge on any atom is -0.388 e. The topological polar surface area (TPSA) is 59.9 Å². The molecule has 22 heavy (non-hydrogen) atoms. The highest BCUT2D eigenvalue weighted by molar-refractivity contribution is 5.80. The lowest BCUT2D eigenvalue weighted by Gasteiger charge is -2.33. The number of nitrogens with one attached hydrogen (secondary N) is 2. The Morgan fingerprint density at radius 2 is 1.95 bits per heavy atom. The molecule has 2 aliphatic rings. The molecule has 0 bridgehead atoms. The summed E-state index contributed by atoms with van der Waals surface area (Å²) in [7, 11) is 1.81. The third kappa shape index (κ3) is 4.59. The summed E-state index contributed by atoms with van der Waals surface area (Å²) in [6, 6.07) is 1.02. The van der Waals surface area contributed by atoms with E-state index >= 15 is 0 Å². The van der Waals surface area contributed by atoms with Gasteiger partial charge in [-0.15, -0.1) is 0 Å².